The van der Waals surface area contributed by atoms with E-state index in [1.165, 1.54) is 18.4 Å². The summed E-state index contributed by atoms with van der Waals surface area (Å²) < 4.78 is 0. The van der Waals surface area contributed by atoms with Gasteiger partial charge in [-0.05, 0) is 55.7 Å². The van der Waals surface area contributed by atoms with Gasteiger partial charge >= 0.3 is 0 Å². The molecule has 0 spiro atoms. The fraction of sp³-hybridized carbons (Fsp3) is 0.562. The van der Waals surface area contributed by atoms with Crippen LogP contribution >= 0.6 is 11.6 Å². The van der Waals surface area contributed by atoms with Crippen LogP contribution in [0.1, 0.15) is 38.2 Å². The van der Waals surface area contributed by atoms with Crippen LogP contribution in [0, 0.1) is 11.8 Å². The number of carbonyl (C=O) groups excluding carboxylic acids is 1. The molecular weight excluding hydrogens is 258 g/mol. The van der Waals surface area contributed by atoms with E-state index in [9.17, 15) is 4.79 Å². The number of hydrogen-bond acceptors (Lipinski definition) is 1. The number of aryl methyl sites for hydroxylation is 1. The first-order chi connectivity index (χ1) is 9.19. The van der Waals surface area contributed by atoms with E-state index in [1.807, 2.05) is 24.3 Å². The molecule has 1 aromatic rings. The monoisotopic (exact) mass is 279 g/mol. The Labute approximate surface area is 120 Å². The third-order valence-electron chi connectivity index (χ3n) is 3.99. The molecular formula is C16H22ClNO. The molecule has 19 heavy (non-hydrogen) atoms. The molecule has 1 aliphatic carbocycles. The summed E-state index contributed by atoms with van der Waals surface area (Å²) in [6.45, 7) is 2.27. The summed E-state index contributed by atoms with van der Waals surface area (Å²) in [4.78, 5) is 12.2. The van der Waals surface area contributed by atoms with Gasteiger partial charge in [0.25, 0.3) is 0 Å². The average molecular weight is 280 g/mol. The van der Waals surface area contributed by atoms with Gasteiger partial charge in [0.1, 0.15) is 0 Å². The van der Waals surface area contributed by atoms with E-state index in [1.54, 1.807) is 0 Å². The first-order valence-electron chi connectivity index (χ1n) is 7.15. The maximum Gasteiger partial charge on any atom is 0.227 e. The zero-order valence-electron chi connectivity index (χ0n) is 11.5. The SMILES string of the molecule is CC1CCC(C(=O)Nc2ccc(CCCl)cc2)CC1. The van der Waals surface area contributed by atoms with Crippen molar-refractivity contribution in [1.82, 2.24) is 0 Å². The van der Waals surface area contributed by atoms with E-state index < -0.39 is 0 Å². The first-order valence-corrected chi connectivity index (χ1v) is 7.68. The molecule has 1 aliphatic rings. The summed E-state index contributed by atoms with van der Waals surface area (Å²) in [5, 5.41) is 3.02. The highest BCUT2D eigenvalue weighted by Gasteiger charge is 2.24. The molecule has 0 bridgehead atoms. The van der Waals surface area contributed by atoms with Crippen LogP contribution in [0.3, 0.4) is 0 Å². The molecule has 0 unspecified atom stereocenters. The van der Waals surface area contributed by atoms with Crippen LogP contribution in [-0.4, -0.2) is 11.8 Å². The second kappa shape index (κ2) is 6.95. The van der Waals surface area contributed by atoms with E-state index in [2.05, 4.69) is 12.2 Å². The molecule has 1 saturated carbocycles. The number of carbonyl (C=O) groups is 1. The molecule has 1 aromatic carbocycles. The number of benzene rings is 1. The van der Waals surface area contributed by atoms with Gasteiger partial charge in [-0.15, -0.1) is 11.6 Å². The molecule has 0 heterocycles. The van der Waals surface area contributed by atoms with Crippen molar-refractivity contribution in [3.05, 3.63) is 29.8 Å². The number of anilines is 1. The zero-order valence-corrected chi connectivity index (χ0v) is 12.2. The molecule has 1 N–H and O–H groups in total. The van der Waals surface area contributed by atoms with Crippen LogP contribution in [-0.2, 0) is 11.2 Å². The molecule has 1 fully saturated rings. The van der Waals surface area contributed by atoms with Gasteiger partial charge in [0.05, 0.1) is 0 Å². The van der Waals surface area contributed by atoms with Crippen LogP contribution in [0.4, 0.5) is 5.69 Å². The third kappa shape index (κ3) is 4.24. The van der Waals surface area contributed by atoms with Crippen molar-refractivity contribution in [2.75, 3.05) is 11.2 Å². The fourth-order valence-electron chi connectivity index (χ4n) is 2.63. The topological polar surface area (TPSA) is 29.1 Å². The summed E-state index contributed by atoms with van der Waals surface area (Å²) in [6, 6.07) is 7.98. The number of hydrogen-bond donors (Lipinski definition) is 1. The molecule has 0 atom stereocenters. The van der Waals surface area contributed by atoms with Crippen LogP contribution < -0.4 is 5.32 Å². The van der Waals surface area contributed by atoms with E-state index in [0.717, 1.165) is 30.9 Å². The average Bonchev–Trinajstić information content (AvgIpc) is 2.42. The zero-order chi connectivity index (χ0) is 13.7. The largest absolute Gasteiger partial charge is 0.326 e. The Balaban J connectivity index is 1.88. The first kappa shape index (κ1) is 14.4. The minimum absolute atomic E-state index is 0.178. The highest BCUT2D eigenvalue weighted by molar-refractivity contribution is 6.17. The Morgan fingerprint density at radius 1 is 1.21 bits per heavy atom. The van der Waals surface area contributed by atoms with E-state index in [4.69, 9.17) is 11.6 Å². The van der Waals surface area contributed by atoms with Crippen molar-refractivity contribution in [3.63, 3.8) is 0 Å². The van der Waals surface area contributed by atoms with E-state index in [-0.39, 0.29) is 11.8 Å². The quantitative estimate of drug-likeness (QED) is 0.821. The van der Waals surface area contributed by atoms with Gasteiger partial charge in [-0.25, -0.2) is 0 Å². The Bertz CT molecular complexity index is 407. The summed E-state index contributed by atoms with van der Waals surface area (Å²) in [5.41, 5.74) is 2.10. The molecule has 1 amide bonds. The summed E-state index contributed by atoms with van der Waals surface area (Å²) in [5.74, 6) is 1.78. The van der Waals surface area contributed by atoms with Gasteiger partial charge in [0.15, 0.2) is 0 Å². The summed E-state index contributed by atoms with van der Waals surface area (Å²) >= 11 is 5.70. The van der Waals surface area contributed by atoms with Crippen LogP contribution in [0.5, 0.6) is 0 Å². The minimum atomic E-state index is 0.178. The van der Waals surface area contributed by atoms with Gasteiger partial charge in [-0.1, -0.05) is 19.1 Å². The van der Waals surface area contributed by atoms with Gasteiger partial charge in [-0.3, -0.25) is 4.79 Å². The lowest BCUT2D eigenvalue weighted by Crippen LogP contribution is -2.26. The van der Waals surface area contributed by atoms with Crippen LogP contribution in [0.15, 0.2) is 24.3 Å². The third-order valence-corrected chi connectivity index (χ3v) is 4.18. The maximum absolute atomic E-state index is 12.2. The van der Waals surface area contributed by atoms with Gasteiger partial charge in [0.2, 0.25) is 5.91 Å². The minimum Gasteiger partial charge on any atom is -0.326 e. The van der Waals surface area contributed by atoms with Crippen molar-refractivity contribution in [2.45, 2.75) is 39.0 Å². The number of rotatable bonds is 4. The summed E-state index contributed by atoms with van der Waals surface area (Å²) in [6.07, 6.45) is 5.27. The fourth-order valence-corrected chi connectivity index (χ4v) is 2.85. The highest BCUT2D eigenvalue weighted by atomic mass is 35.5. The van der Waals surface area contributed by atoms with Crippen LogP contribution in [0.25, 0.3) is 0 Å². The lowest BCUT2D eigenvalue weighted by molar-refractivity contribution is -0.121. The molecule has 0 aliphatic heterocycles. The lowest BCUT2D eigenvalue weighted by atomic mass is 9.82. The van der Waals surface area contributed by atoms with Gasteiger partial charge < -0.3 is 5.32 Å². The second-order valence-corrected chi connectivity index (χ2v) is 5.96. The molecule has 2 nitrogen and oxygen atoms in total. The predicted molar refractivity (Wildman–Crippen MR) is 80.6 cm³/mol. The van der Waals surface area contributed by atoms with Crippen molar-refractivity contribution in [2.24, 2.45) is 11.8 Å². The van der Waals surface area contributed by atoms with Gasteiger partial charge in [0, 0.05) is 17.5 Å². The number of halogens is 1. The molecule has 0 saturated heterocycles. The standard InChI is InChI=1S/C16H22ClNO/c1-12-2-6-14(7-3-12)16(19)18-15-8-4-13(5-9-15)10-11-17/h4-5,8-9,12,14H,2-3,6-7,10-11H2,1H3,(H,18,19). The smallest absolute Gasteiger partial charge is 0.227 e. The molecule has 3 heteroatoms. The van der Waals surface area contributed by atoms with Crippen molar-refractivity contribution < 1.29 is 4.79 Å². The Kier molecular flexibility index (Phi) is 5.26. The van der Waals surface area contributed by atoms with E-state index in [0.29, 0.717) is 5.88 Å². The second-order valence-electron chi connectivity index (χ2n) is 5.58. The van der Waals surface area contributed by atoms with Crippen molar-refractivity contribution >= 4 is 23.2 Å². The Morgan fingerprint density at radius 3 is 2.42 bits per heavy atom. The molecule has 2 rings (SSSR count). The van der Waals surface area contributed by atoms with Crippen LogP contribution in [0.2, 0.25) is 0 Å². The Morgan fingerprint density at radius 2 is 1.84 bits per heavy atom. The molecule has 104 valence electrons. The normalized spacial score (nSPS) is 23.1. The molecule has 0 aromatic heterocycles. The van der Waals surface area contributed by atoms with Crippen molar-refractivity contribution in [1.29, 1.82) is 0 Å². The molecule has 0 radical (unpaired) electrons. The van der Waals surface area contributed by atoms with Crippen molar-refractivity contribution in [3.8, 4) is 0 Å². The lowest BCUT2D eigenvalue weighted by Gasteiger charge is -2.25. The number of alkyl halides is 1. The summed E-state index contributed by atoms with van der Waals surface area (Å²) in [7, 11) is 0. The Hall–Kier alpha value is -1.02. The predicted octanol–water partition coefficient (Wildman–Crippen LogP) is 4.23. The number of nitrogens with one attached hydrogen (secondary N) is 1. The maximum atomic E-state index is 12.2. The van der Waals surface area contributed by atoms with Gasteiger partial charge in [-0.2, -0.15) is 0 Å². The highest BCUT2D eigenvalue weighted by Crippen LogP contribution is 2.29. The van der Waals surface area contributed by atoms with E-state index >= 15 is 0 Å². The number of amides is 1.